The number of piperidine rings is 1. The van der Waals surface area contributed by atoms with Gasteiger partial charge in [0.15, 0.2) is 5.65 Å². The fourth-order valence-corrected chi connectivity index (χ4v) is 6.90. The van der Waals surface area contributed by atoms with Crippen LogP contribution in [0.15, 0.2) is 83.6 Å². The van der Waals surface area contributed by atoms with Gasteiger partial charge in [-0.15, -0.1) is 10.2 Å². The van der Waals surface area contributed by atoms with Crippen molar-refractivity contribution in [3.8, 4) is 5.75 Å². The van der Waals surface area contributed by atoms with Crippen molar-refractivity contribution in [3.05, 3.63) is 89.8 Å². The van der Waals surface area contributed by atoms with E-state index < -0.39 is 0 Å². The van der Waals surface area contributed by atoms with E-state index >= 15 is 0 Å². The number of aliphatic imine (C=N–C) groups is 1. The van der Waals surface area contributed by atoms with Gasteiger partial charge in [0.2, 0.25) is 5.95 Å². The van der Waals surface area contributed by atoms with Crippen LogP contribution in [-0.4, -0.2) is 78.2 Å². The zero-order valence-electron chi connectivity index (χ0n) is 32.3. The van der Waals surface area contributed by atoms with Gasteiger partial charge in [-0.2, -0.15) is 0 Å². The second kappa shape index (κ2) is 16.3. The number of carbonyl (C=O) groups excluding carboxylic acids is 1. The minimum atomic E-state index is -0.349. The summed E-state index contributed by atoms with van der Waals surface area (Å²) in [5.41, 5.74) is 11.4. The predicted octanol–water partition coefficient (Wildman–Crippen LogP) is 6.98. The molecule has 53 heavy (non-hydrogen) atoms. The summed E-state index contributed by atoms with van der Waals surface area (Å²) in [5, 5.41) is 15.2. The lowest BCUT2D eigenvalue weighted by Crippen LogP contribution is -2.42. The van der Waals surface area contributed by atoms with Crippen LogP contribution in [0.2, 0.25) is 0 Å². The number of ether oxygens (including phenoxy) is 1. The lowest BCUT2D eigenvalue weighted by Gasteiger charge is -2.33. The van der Waals surface area contributed by atoms with Crippen LogP contribution < -0.4 is 30.9 Å². The summed E-state index contributed by atoms with van der Waals surface area (Å²) in [6, 6.07) is 19.9. The first kappa shape index (κ1) is 37.7. The molecule has 1 aliphatic carbocycles. The Morgan fingerprint density at radius 2 is 1.79 bits per heavy atom. The normalized spacial score (nSPS) is 19.6. The number of allylic oxidation sites excluding steroid dienone is 1. The van der Waals surface area contributed by atoms with Crippen molar-refractivity contribution >= 4 is 34.8 Å². The van der Waals surface area contributed by atoms with E-state index in [2.05, 4.69) is 81.8 Å². The number of nitrogens with one attached hydrogen (secondary N) is 2. The molecule has 2 amide bonds. The number of nitrogens with two attached hydrogens (primary N) is 1. The van der Waals surface area contributed by atoms with Crippen LogP contribution in [0.3, 0.4) is 0 Å². The average molecular weight is 721 g/mol. The van der Waals surface area contributed by atoms with Crippen LogP contribution in [0.4, 0.5) is 22.1 Å². The van der Waals surface area contributed by atoms with E-state index in [1.54, 1.807) is 6.08 Å². The molecule has 4 aromatic rings. The molecule has 0 radical (unpaired) electrons. The van der Waals surface area contributed by atoms with E-state index in [1.165, 1.54) is 6.42 Å². The van der Waals surface area contributed by atoms with Gasteiger partial charge in [-0.1, -0.05) is 51.1 Å². The van der Waals surface area contributed by atoms with Crippen molar-refractivity contribution in [2.24, 2.45) is 16.1 Å². The maximum Gasteiger partial charge on any atom is 0.320 e. The van der Waals surface area contributed by atoms with Crippen molar-refractivity contribution in [1.82, 2.24) is 30.1 Å². The third-order valence-electron chi connectivity index (χ3n) is 10.2. The van der Waals surface area contributed by atoms with E-state index in [0.29, 0.717) is 24.0 Å². The van der Waals surface area contributed by atoms with Crippen LogP contribution in [0, 0.1) is 5.41 Å². The number of aromatic nitrogens is 3. The predicted molar refractivity (Wildman–Crippen MR) is 214 cm³/mol. The van der Waals surface area contributed by atoms with Crippen molar-refractivity contribution in [3.63, 3.8) is 0 Å². The molecule has 2 aromatic heterocycles. The fraction of sp³-hybridized carbons (Fsp3) is 0.463. The third-order valence-corrected chi connectivity index (χ3v) is 10.2. The second-order valence-corrected chi connectivity index (χ2v) is 15.7. The smallest absolute Gasteiger partial charge is 0.320 e. The molecule has 6 rings (SSSR count). The Hall–Kier alpha value is -5.10. The largest absolute Gasteiger partial charge is 0.484 e. The van der Waals surface area contributed by atoms with Gasteiger partial charge in [0.25, 0.3) is 0 Å². The first-order valence-corrected chi connectivity index (χ1v) is 18.8. The number of pyridine rings is 1. The Morgan fingerprint density at radius 1 is 1.00 bits per heavy atom. The van der Waals surface area contributed by atoms with Gasteiger partial charge in [0, 0.05) is 55.6 Å². The van der Waals surface area contributed by atoms with E-state index in [-0.39, 0.29) is 23.6 Å². The molecular weight excluding hydrogens is 665 g/mol. The Bertz CT molecular complexity index is 1940. The lowest BCUT2D eigenvalue weighted by molar-refractivity contribution is 0.171. The Morgan fingerprint density at radius 3 is 2.55 bits per heavy atom. The first-order chi connectivity index (χ1) is 25.4. The molecule has 2 aromatic carbocycles. The number of fused-ring (bicyclic) bond motifs is 2. The SMILES string of the molecule is C[C@H]1CCCCN1c1nnc2ccc(O[C@@H]3CC[C@H](NC(=O)NC(C=C(N)C(C)(C)C)=Nc4cccc(N(C)CCN(C)C)c4)c4ccccc43)cn12. The number of benzene rings is 2. The molecule has 0 spiro atoms. The fourth-order valence-electron chi connectivity index (χ4n) is 6.90. The number of rotatable bonds is 10. The lowest BCUT2D eigenvalue weighted by atomic mass is 9.85. The average Bonchev–Trinajstić information content (AvgIpc) is 3.54. The van der Waals surface area contributed by atoms with E-state index in [0.717, 1.165) is 78.7 Å². The molecule has 0 saturated carbocycles. The molecule has 12 nitrogen and oxygen atoms in total. The zero-order chi connectivity index (χ0) is 37.7. The van der Waals surface area contributed by atoms with Crippen LogP contribution in [0.25, 0.3) is 5.65 Å². The maximum atomic E-state index is 13.7. The molecule has 12 heteroatoms. The summed E-state index contributed by atoms with van der Waals surface area (Å²) in [6.07, 6.45) is 8.55. The summed E-state index contributed by atoms with van der Waals surface area (Å²) in [6.45, 7) is 11.1. The van der Waals surface area contributed by atoms with Crippen molar-refractivity contribution in [2.75, 3.05) is 50.6 Å². The number of urea groups is 1. The molecule has 0 bridgehead atoms. The van der Waals surface area contributed by atoms with Crippen LogP contribution in [0.5, 0.6) is 5.75 Å². The molecule has 1 fully saturated rings. The number of anilines is 2. The van der Waals surface area contributed by atoms with Gasteiger partial charge in [-0.3, -0.25) is 9.72 Å². The summed E-state index contributed by atoms with van der Waals surface area (Å²) < 4.78 is 8.71. The van der Waals surface area contributed by atoms with Crippen molar-refractivity contribution < 1.29 is 9.53 Å². The third kappa shape index (κ3) is 9.29. The summed E-state index contributed by atoms with van der Waals surface area (Å²) in [4.78, 5) is 25.3. The summed E-state index contributed by atoms with van der Waals surface area (Å²) in [5.74, 6) is 1.99. The molecule has 2 aliphatic rings. The van der Waals surface area contributed by atoms with Gasteiger partial charge < -0.3 is 30.5 Å². The number of nitrogens with zero attached hydrogens (tertiary/aromatic N) is 7. The number of carbonyl (C=O) groups is 1. The number of amidine groups is 1. The van der Waals surface area contributed by atoms with Gasteiger partial charge in [0.05, 0.1) is 17.9 Å². The number of likely N-dealkylation sites (N-methyl/N-ethyl adjacent to an activating group) is 2. The summed E-state index contributed by atoms with van der Waals surface area (Å²) in [7, 11) is 6.19. The van der Waals surface area contributed by atoms with Crippen molar-refractivity contribution in [2.45, 2.75) is 78.0 Å². The van der Waals surface area contributed by atoms with Gasteiger partial charge >= 0.3 is 6.03 Å². The molecule has 4 N–H and O–H groups in total. The van der Waals surface area contributed by atoms with Gasteiger partial charge in [-0.25, -0.2) is 9.79 Å². The molecule has 1 aliphatic heterocycles. The molecule has 282 valence electrons. The van der Waals surface area contributed by atoms with E-state index in [9.17, 15) is 4.79 Å². The van der Waals surface area contributed by atoms with Crippen LogP contribution in [-0.2, 0) is 0 Å². The van der Waals surface area contributed by atoms with Crippen molar-refractivity contribution in [1.29, 1.82) is 0 Å². The highest BCUT2D eigenvalue weighted by molar-refractivity contribution is 6.05. The van der Waals surface area contributed by atoms with E-state index in [1.807, 2.05) is 73.8 Å². The Labute approximate surface area is 314 Å². The quantitative estimate of drug-likeness (QED) is 0.118. The minimum absolute atomic E-state index is 0.173. The van der Waals surface area contributed by atoms with Gasteiger partial charge in [-0.05, 0) is 94.6 Å². The first-order valence-electron chi connectivity index (χ1n) is 18.8. The molecule has 0 unspecified atom stereocenters. The highest BCUT2D eigenvalue weighted by Gasteiger charge is 2.30. The maximum absolute atomic E-state index is 13.7. The molecule has 1 saturated heterocycles. The minimum Gasteiger partial charge on any atom is -0.484 e. The number of amides is 2. The highest BCUT2D eigenvalue weighted by atomic mass is 16.5. The second-order valence-electron chi connectivity index (χ2n) is 15.7. The monoisotopic (exact) mass is 720 g/mol. The van der Waals surface area contributed by atoms with Crippen LogP contribution >= 0.6 is 0 Å². The molecular formula is C41H56N10O2. The Balaban J connectivity index is 1.18. The summed E-state index contributed by atoms with van der Waals surface area (Å²) >= 11 is 0. The zero-order valence-corrected chi connectivity index (χ0v) is 32.3. The highest BCUT2D eigenvalue weighted by Crippen LogP contribution is 2.39. The Kier molecular flexibility index (Phi) is 11.6. The number of hydrogen-bond donors (Lipinski definition) is 3. The van der Waals surface area contributed by atoms with Gasteiger partial charge in [0.1, 0.15) is 17.7 Å². The van der Waals surface area contributed by atoms with E-state index in [4.69, 9.17) is 15.5 Å². The standard InChI is InChI=1S/C41H56N10O2/c1-28-13-10-11-22-50(28)40-47-46-38-21-18-31(27-51(38)40)53-35-20-19-34(32-16-8-9-17-33(32)35)44-39(52)45-37(26-36(42)41(2,3)4)43-29-14-12-15-30(25-29)49(7)24-23-48(5)6/h8-9,12,14-18,21,25-28,34-35H,10-11,13,19-20,22-24,42H2,1-7H3,(H2,43,44,45,52)/t28-,34-,35+/m0/s1. The molecule has 3 heterocycles. The number of hydrogen-bond acceptors (Lipinski definition) is 9. The van der Waals surface area contributed by atoms with Crippen LogP contribution in [0.1, 0.15) is 83.1 Å². The molecule has 3 atom stereocenters. The topological polar surface area (TPSA) is 129 Å².